The molecule has 5 nitrogen and oxygen atoms in total. The van der Waals surface area contributed by atoms with Crippen molar-refractivity contribution in [3.63, 3.8) is 0 Å². The third kappa shape index (κ3) is 14.2. The highest BCUT2D eigenvalue weighted by atomic mass is 32.2. The molecular formula is C18H36O5S. The Hall–Kier alpha value is -0.170. The van der Waals surface area contributed by atoms with Crippen molar-refractivity contribution >= 4 is 10.1 Å². The van der Waals surface area contributed by atoms with Crippen molar-refractivity contribution in [1.29, 1.82) is 0 Å². The highest BCUT2D eigenvalue weighted by Crippen LogP contribution is 2.15. The van der Waals surface area contributed by atoms with Crippen LogP contribution < -0.4 is 0 Å². The molecule has 1 atom stereocenters. The van der Waals surface area contributed by atoms with Gasteiger partial charge in [-0.05, 0) is 32.1 Å². The molecule has 0 bridgehead atoms. The van der Waals surface area contributed by atoms with Gasteiger partial charge in [-0.25, -0.2) is 0 Å². The Labute approximate surface area is 148 Å². The second kappa shape index (κ2) is 14.0. The third-order valence-electron chi connectivity index (χ3n) is 4.28. The van der Waals surface area contributed by atoms with Gasteiger partial charge in [-0.3, -0.25) is 4.18 Å². The lowest BCUT2D eigenvalue weighted by atomic mass is 10.1. The van der Waals surface area contributed by atoms with Crippen LogP contribution in [0.2, 0.25) is 0 Å². The summed E-state index contributed by atoms with van der Waals surface area (Å²) in [7, 11) is -3.26. The van der Waals surface area contributed by atoms with Gasteiger partial charge < -0.3 is 9.47 Å². The summed E-state index contributed by atoms with van der Waals surface area (Å²) in [6, 6.07) is 0. The molecule has 0 saturated carbocycles. The van der Waals surface area contributed by atoms with Gasteiger partial charge in [-0.2, -0.15) is 8.42 Å². The molecule has 24 heavy (non-hydrogen) atoms. The van der Waals surface area contributed by atoms with E-state index in [0.717, 1.165) is 45.2 Å². The van der Waals surface area contributed by atoms with Crippen LogP contribution in [0, 0.1) is 0 Å². The first-order valence-corrected chi connectivity index (χ1v) is 11.5. The minimum Gasteiger partial charge on any atom is -0.353 e. The van der Waals surface area contributed by atoms with Crippen LogP contribution in [0.3, 0.4) is 0 Å². The predicted molar refractivity (Wildman–Crippen MR) is 96.5 cm³/mol. The molecule has 1 fully saturated rings. The zero-order chi connectivity index (χ0) is 17.5. The Morgan fingerprint density at radius 1 is 0.833 bits per heavy atom. The summed E-state index contributed by atoms with van der Waals surface area (Å²) in [5.41, 5.74) is 0. The zero-order valence-corrected chi connectivity index (χ0v) is 16.2. The molecule has 0 aromatic heterocycles. The maximum absolute atomic E-state index is 10.8. The van der Waals surface area contributed by atoms with Crippen LogP contribution in [0.1, 0.15) is 83.5 Å². The van der Waals surface area contributed by atoms with Gasteiger partial charge >= 0.3 is 0 Å². The second-order valence-electron chi connectivity index (χ2n) is 6.73. The SMILES string of the molecule is CS(=O)(=O)OCCCCCCCCCCCCOC1CCCCO1. The van der Waals surface area contributed by atoms with Gasteiger partial charge in [-0.15, -0.1) is 0 Å². The zero-order valence-electron chi connectivity index (χ0n) is 15.3. The second-order valence-corrected chi connectivity index (χ2v) is 8.37. The number of unbranched alkanes of at least 4 members (excludes halogenated alkanes) is 9. The topological polar surface area (TPSA) is 61.8 Å². The maximum atomic E-state index is 10.8. The van der Waals surface area contributed by atoms with E-state index in [1.54, 1.807) is 0 Å². The van der Waals surface area contributed by atoms with Gasteiger partial charge in [0.25, 0.3) is 10.1 Å². The largest absolute Gasteiger partial charge is 0.353 e. The molecular weight excluding hydrogens is 328 g/mol. The number of ether oxygens (including phenoxy) is 2. The predicted octanol–water partition coefficient (Wildman–Crippen LogP) is 4.41. The molecule has 1 heterocycles. The van der Waals surface area contributed by atoms with Crippen LogP contribution >= 0.6 is 0 Å². The van der Waals surface area contributed by atoms with Crippen molar-refractivity contribution in [3.8, 4) is 0 Å². The summed E-state index contributed by atoms with van der Waals surface area (Å²) >= 11 is 0. The molecule has 0 aromatic rings. The fourth-order valence-electron chi connectivity index (χ4n) is 2.89. The molecule has 0 spiro atoms. The van der Waals surface area contributed by atoms with Gasteiger partial charge in [0.05, 0.1) is 12.9 Å². The lowest BCUT2D eigenvalue weighted by Gasteiger charge is -2.22. The quantitative estimate of drug-likeness (QED) is 0.318. The van der Waals surface area contributed by atoms with Crippen molar-refractivity contribution in [3.05, 3.63) is 0 Å². The molecule has 1 aliphatic rings. The van der Waals surface area contributed by atoms with E-state index in [9.17, 15) is 8.42 Å². The fraction of sp³-hybridized carbons (Fsp3) is 1.00. The fourth-order valence-corrected chi connectivity index (χ4v) is 3.31. The van der Waals surface area contributed by atoms with E-state index in [-0.39, 0.29) is 6.29 Å². The van der Waals surface area contributed by atoms with Crippen molar-refractivity contribution < 1.29 is 22.1 Å². The highest BCUT2D eigenvalue weighted by Gasteiger charge is 2.13. The smallest absolute Gasteiger partial charge is 0.264 e. The van der Waals surface area contributed by atoms with E-state index in [4.69, 9.17) is 13.7 Å². The van der Waals surface area contributed by atoms with E-state index in [2.05, 4.69) is 0 Å². The summed E-state index contributed by atoms with van der Waals surface area (Å²) in [4.78, 5) is 0. The summed E-state index contributed by atoms with van der Waals surface area (Å²) < 4.78 is 37.5. The lowest BCUT2D eigenvalue weighted by molar-refractivity contribution is -0.162. The molecule has 0 N–H and O–H groups in total. The van der Waals surface area contributed by atoms with Crippen LogP contribution in [0.15, 0.2) is 0 Å². The van der Waals surface area contributed by atoms with E-state index in [0.29, 0.717) is 6.61 Å². The first-order valence-electron chi connectivity index (χ1n) is 9.65. The van der Waals surface area contributed by atoms with E-state index in [1.807, 2.05) is 0 Å². The molecule has 1 saturated heterocycles. The van der Waals surface area contributed by atoms with Gasteiger partial charge in [0, 0.05) is 13.2 Å². The van der Waals surface area contributed by atoms with Crippen LogP contribution in [-0.2, 0) is 23.8 Å². The van der Waals surface area contributed by atoms with E-state index >= 15 is 0 Å². The summed E-state index contributed by atoms with van der Waals surface area (Å²) in [5.74, 6) is 0. The molecule has 0 aromatic carbocycles. The van der Waals surface area contributed by atoms with Gasteiger partial charge in [0.2, 0.25) is 0 Å². The molecule has 144 valence electrons. The standard InChI is InChI=1S/C18H36O5S/c1-24(19,20)23-17-12-9-7-5-3-2-4-6-8-11-15-21-18-14-10-13-16-22-18/h18H,2-17H2,1H3. The molecule has 0 radical (unpaired) electrons. The van der Waals surface area contributed by atoms with Gasteiger partial charge in [0.15, 0.2) is 6.29 Å². The Bertz CT molecular complexity index is 377. The molecule has 1 rings (SSSR count). The summed E-state index contributed by atoms with van der Waals surface area (Å²) in [6.45, 7) is 2.02. The third-order valence-corrected chi connectivity index (χ3v) is 4.87. The molecule has 0 aliphatic carbocycles. The average molecular weight is 365 g/mol. The molecule has 6 heteroatoms. The number of hydrogen-bond acceptors (Lipinski definition) is 5. The van der Waals surface area contributed by atoms with Crippen molar-refractivity contribution in [2.24, 2.45) is 0 Å². The van der Waals surface area contributed by atoms with Crippen LogP contribution in [-0.4, -0.2) is 40.8 Å². The Morgan fingerprint density at radius 2 is 1.38 bits per heavy atom. The van der Waals surface area contributed by atoms with Crippen LogP contribution in [0.5, 0.6) is 0 Å². The molecule has 0 amide bonds. The van der Waals surface area contributed by atoms with Gasteiger partial charge in [0.1, 0.15) is 0 Å². The summed E-state index contributed by atoms with van der Waals surface area (Å²) in [6.07, 6.45) is 16.5. The van der Waals surface area contributed by atoms with E-state index < -0.39 is 10.1 Å². The first kappa shape index (κ1) is 21.9. The van der Waals surface area contributed by atoms with Gasteiger partial charge in [-0.1, -0.05) is 51.4 Å². The average Bonchev–Trinajstić information content (AvgIpc) is 2.55. The Kier molecular flexibility index (Phi) is 12.8. The Morgan fingerprint density at radius 3 is 1.88 bits per heavy atom. The van der Waals surface area contributed by atoms with E-state index in [1.165, 1.54) is 57.8 Å². The van der Waals surface area contributed by atoms with Crippen molar-refractivity contribution in [2.45, 2.75) is 89.8 Å². The summed E-state index contributed by atoms with van der Waals surface area (Å²) in [5, 5.41) is 0. The first-order chi connectivity index (χ1) is 11.6. The number of hydrogen-bond donors (Lipinski definition) is 0. The van der Waals surface area contributed by atoms with Crippen LogP contribution in [0.25, 0.3) is 0 Å². The number of rotatable bonds is 15. The van der Waals surface area contributed by atoms with Crippen LogP contribution in [0.4, 0.5) is 0 Å². The molecule has 1 unspecified atom stereocenters. The maximum Gasteiger partial charge on any atom is 0.264 e. The minimum absolute atomic E-state index is 0.0570. The Balaban J connectivity index is 1.71. The van der Waals surface area contributed by atoms with Crippen molar-refractivity contribution in [1.82, 2.24) is 0 Å². The molecule has 1 aliphatic heterocycles. The highest BCUT2D eigenvalue weighted by molar-refractivity contribution is 7.85. The lowest BCUT2D eigenvalue weighted by Crippen LogP contribution is -2.22. The van der Waals surface area contributed by atoms with Crippen molar-refractivity contribution in [2.75, 3.05) is 26.1 Å². The minimum atomic E-state index is -3.26. The normalized spacial score (nSPS) is 18.8. The monoisotopic (exact) mass is 364 g/mol.